The van der Waals surface area contributed by atoms with Crippen molar-refractivity contribution >= 4 is 34.3 Å². The Morgan fingerprint density at radius 2 is 1.89 bits per heavy atom. The lowest BCUT2D eigenvalue weighted by Gasteiger charge is -2.10. The lowest BCUT2D eigenvalue weighted by molar-refractivity contribution is -0.112. The van der Waals surface area contributed by atoms with Gasteiger partial charge in [0.1, 0.15) is 22.7 Å². The van der Waals surface area contributed by atoms with E-state index in [2.05, 4.69) is 11.4 Å². The summed E-state index contributed by atoms with van der Waals surface area (Å²) in [5.74, 6) is -0.902. The van der Waals surface area contributed by atoms with Crippen molar-refractivity contribution in [2.75, 3.05) is 11.9 Å². The quantitative estimate of drug-likeness (QED) is 0.269. The number of nitrogens with zero attached hydrogens (tertiary/aromatic N) is 3. The van der Waals surface area contributed by atoms with Crippen molar-refractivity contribution in [1.82, 2.24) is 4.57 Å². The summed E-state index contributed by atoms with van der Waals surface area (Å²) in [4.78, 5) is 26.1. The second-order valence-electron chi connectivity index (χ2n) is 8.58. The van der Waals surface area contributed by atoms with Gasteiger partial charge in [0.05, 0.1) is 17.7 Å². The predicted octanol–water partition coefficient (Wildman–Crippen LogP) is 5.63. The third-order valence-corrected chi connectivity index (χ3v) is 7.49. The maximum absolute atomic E-state index is 13.0. The van der Waals surface area contributed by atoms with E-state index in [9.17, 15) is 20.1 Å². The number of esters is 1. The molecule has 3 aromatic rings. The molecule has 2 aromatic heterocycles. The summed E-state index contributed by atoms with van der Waals surface area (Å²) in [6.45, 7) is 5.92. The topological polar surface area (TPSA) is 108 Å². The molecule has 1 N–H and O–H groups in total. The van der Waals surface area contributed by atoms with Gasteiger partial charge in [-0.1, -0.05) is 0 Å². The van der Waals surface area contributed by atoms with Crippen molar-refractivity contribution in [3.63, 3.8) is 0 Å². The number of benzene rings is 1. The fourth-order valence-electron chi connectivity index (χ4n) is 4.54. The molecule has 1 aliphatic carbocycles. The van der Waals surface area contributed by atoms with Crippen molar-refractivity contribution in [3.05, 3.63) is 74.4 Å². The number of fused-ring (bicyclic) bond motifs is 1. The van der Waals surface area contributed by atoms with Gasteiger partial charge in [-0.25, -0.2) is 4.79 Å². The number of rotatable bonds is 6. The number of amides is 1. The van der Waals surface area contributed by atoms with E-state index in [0.29, 0.717) is 22.7 Å². The summed E-state index contributed by atoms with van der Waals surface area (Å²) in [7, 11) is 0. The zero-order valence-electron chi connectivity index (χ0n) is 20.5. The Morgan fingerprint density at radius 1 is 1.17 bits per heavy atom. The predicted molar refractivity (Wildman–Crippen MR) is 139 cm³/mol. The van der Waals surface area contributed by atoms with Crippen LogP contribution in [-0.4, -0.2) is 23.1 Å². The molecule has 0 fully saturated rings. The summed E-state index contributed by atoms with van der Waals surface area (Å²) >= 11 is 1.43. The molecule has 0 radical (unpaired) electrons. The second-order valence-corrected chi connectivity index (χ2v) is 9.69. The minimum Gasteiger partial charge on any atom is -0.462 e. The zero-order chi connectivity index (χ0) is 25.8. The summed E-state index contributed by atoms with van der Waals surface area (Å²) < 4.78 is 7.04. The van der Waals surface area contributed by atoms with Crippen LogP contribution in [0.4, 0.5) is 5.00 Å². The van der Waals surface area contributed by atoms with E-state index in [1.165, 1.54) is 11.3 Å². The molecule has 1 amide bonds. The molecule has 36 heavy (non-hydrogen) atoms. The Hall–Kier alpha value is -4.14. The third-order valence-electron chi connectivity index (χ3n) is 6.28. The van der Waals surface area contributed by atoms with E-state index < -0.39 is 5.91 Å². The number of nitrogens with one attached hydrogen (secondary N) is 1. The highest BCUT2D eigenvalue weighted by Gasteiger charge is 2.23. The molecule has 0 bridgehead atoms. The molecular formula is C28H26N4O3S. The Morgan fingerprint density at radius 3 is 2.56 bits per heavy atom. The monoisotopic (exact) mass is 498 g/mol. The molecule has 1 aliphatic rings. The van der Waals surface area contributed by atoms with Gasteiger partial charge in [-0.2, -0.15) is 10.5 Å². The van der Waals surface area contributed by atoms with Crippen LogP contribution in [0.25, 0.3) is 11.8 Å². The van der Waals surface area contributed by atoms with Gasteiger partial charge >= 0.3 is 5.97 Å². The standard InChI is InChI=1S/C28H26N4O3S/c1-4-35-28(34)19-9-11-22(12-10-19)32-17(2)13-20(18(32)3)14-21(15-29)26(33)31-27-24(16-30)23-7-5-6-8-25(23)36-27/h9-14H,4-8H2,1-3H3,(H,31,33)/b21-14+. The number of carbonyl (C=O) groups is 2. The van der Waals surface area contributed by atoms with Crippen LogP contribution in [0, 0.1) is 36.5 Å². The Balaban J connectivity index is 1.60. The molecule has 8 heteroatoms. The molecule has 2 heterocycles. The SMILES string of the molecule is CCOC(=O)c1ccc(-n2c(C)cc(/C=C(\C#N)C(=O)Nc3sc4c(c3C#N)CCCC4)c2C)cc1. The van der Waals surface area contributed by atoms with Gasteiger partial charge in [0.2, 0.25) is 0 Å². The van der Waals surface area contributed by atoms with Crippen molar-refractivity contribution in [2.24, 2.45) is 0 Å². The van der Waals surface area contributed by atoms with Gasteiger partial charge in [-0.15, -0.1) is 11.3 Å². The van der Waals surface area contributed by atoms with Crippen LogP contribution >= 0.6 is 11.3 Å². The number of nitriles is 2. The average Bonchev–Trinajstić information content (AvgIpc) is 3.37. The normalized spacial score (nSPS) is 12.9. The van der Waals surface area contributed by atoms with E-state index in [-0.39, 0.29) is 11.5 Å². The van der Waals surface area contributed by atoms with Crippen LogP contribution < -0.4 is 5.32 Å². The van der Waals surface area contributed by atoms with Crippen molar-refractivity contribution < 1.29 is 14.3 Å². The van der Waals surface area contributed by atoms with Crippen LogP contribution in [0.5, 0.6) is 0 Å². The maximum atomic E-state index is 13.0. The van der Waals surface area contributed by atoms with Gasteiger partial charge < -0.3 is 14.6 Å². The smallest absolute Gasteiger partial charge is 0.338 e. The lowest BCUT2D eigenvalue weighted by Crippen LogP contribution is -2.13. The van der Waals surface area contributed by atoms with E-state index >= 15 is 0 Å². The minimum absolute atomic E-state index is 0.0387. The first-order chi connectivity index (χ1) is 17.4. The number of thiophene rings is 1. The lowest BCUT2D eigenvalue weighted by atomic mass is 9.96. The second kappa shape index (κ2) is 10.6. The average molecular weight is 499 g/mol. The fourth-order valence-corrected chi connectivity index (χ4v) is 5.77. The molecule has 0 saturated carbocycles. The number of aromatic nitrogens is 1. The first kappa shape index (κ1) is 25.0. The summed E-state index contributed by atoms with van der Waals surface area (Å²) in [5.41, 5.74) is 5.33. The number of hydrogen-bond donors (Lipinski definition) is 1. The van der Waals surface area contributed by atoms with Gasteiger partial charge in [0.25, 0.3) is 5.91 Å². The number of ether oxygens (including phenoxy) is 1. The van der Waals surface area contributed by atoms with Crippen LogP contribution in [-0.2, 0) is 22.4 Å². The number of anilines is 1. The summed E-state index contributed by atoms with van der Waals surface area (Å²) in [6.07, 6.45) is 5.45. The molecule has 0 spiro atoms. The van der Waals surface area contributed by atoms with Gasteiger partial charge in [-0.3, -0.25) is 4.79 Å². The third kappa shape index (κ3) is 4.82. The Labute approximate surface area is 214 Å². The zero-order valence-corrected chi connectivity index (χ0v) is 21.3. The van der Waals surface area contributed by atoms with E-state index in [0.717, 1.165) is 58.8 Å². The van der Waals surface area contributed by atoms with Gasteiger partial charge in [-0.05, 0) is 94.0 Å². The van der Waals surface area contributed by atoms with Crippen LogP contribution in [0.1, 0.15) is 63.1 Å². The number of carbonyl (C=O) groups excluding carboxylic acids is 2. The molecule has 7 nitrogen and oxygen atoms in total. The van der Waals surface area contributed by atoms with Gasteiger partial charge in [0, 0.05) is 22.0 Å². The van der Waals surface area contributed by atoms with Crippen LogP contribution in [0.3, 0.4) is 0 Å². The fraction of sp³-hybridized carbons (Fsp3) is 0.286. The molecule has 0 atom stereocenters. The molecule has 4 rings (SSSR count). The van der Waals surface area contributed by atoms with Gasteiger partial charge in [0.15, 0.2) is 0 Å². The first-order valence-corrected chi connectivity index (χ1v) is 12.6. The Bertz CT molecular complexity index is 1450. The molecule has 0 aliphatic heterocycles. The Kier molecular flexibility index (Phi) is 7.38. The highest BCUT2D eigenvalue weighted by atomic mass is 32.1. The summed E-state index contributed by atoms with van der Waals surface area (Å²) in [6, 6.07) is 13.2. The molecule has 0 unspecified atom stereocenters. The van der Waals surface area contributed by atoms with E-state index in [4.69, 9.17) is 4.74 Å². The van der Waals surface area contributed by atoms with Crippen molar-refractivity contribution in [2.45, 2.75) is 46.5 Å². The highest BCUT2D eigenvalue weighted by Crippen LogP contribution is 2.37. The molecule has 0 saturated heterocycles. The van der Waals surface area contributed by atoms with E-state index in [1.54, 1.807) is 25.1 Å². The first-order valence-electron chi connectivity index (χ1n) is 11.8. The maximum Gasteiger partial charge on any atom is 0.338 e. The molecule has 182 valence electrons. The highest BCUT2D eigenvalue weighted by molar-refractivity contribution is 7.16. The molecule has 1 aromatic carbocycles. The van der Waals surface area contributed by atoms with Crippen molar-refractivity contribution in [3.8, 4) is 17.8 Å². The van der Waals surface area contributed by atoms with Crippen LogP contribution in [0.15, 0.2) is 35.9 Å². The van der Waals surface area contributed by atoms with Crippen LogP contribution in [0.2, 0.25) is 0 Å². The molecular weight excluding hydrogens is 472 g/mol. The number of hydrogen-bond acceptors (Lipinski definition) is 6. The van der Waals surface area contributed by atoms with E-state index in [1.807, 2.05) is 42.7 Å². The summed E-state index contributed by atoms with van der Waals surface area (Å²) in [5, 5.41) is 22.7. The number of aryl methyl sites for hydroxylation is 2. The largest absolute Gasteiger partial charge is 0.462 e. The van der Waals surface area contributed by atoms with Crippen molar-refractivity contribution in [1.29, 1.82) is 10.5 Å². The minimum atomic E-state index is -0.531.